The van der Waals surface area contributed by atoms with Gasteiger partial charge in [0.15, 0.2) is 6.10 Å². The van der Waals surface area contributed by atoms with Crippen LogP contribution < -0.4 is 15.4 Å². The lowest BCUT2D eigenvalue weighted by atomic mass is 10.0. The van der Waals surface area contributed by atoms with Gasteiger partial charge in [0.05, 0.1) is 0 Å². The van der Waals surface area contributed by atoms with Crippen LogP contribution in [0.1, 0.15) is 17.8 Å². The van der Waals surface area contributed by atoms with Gasteiger partial charge in [-0.1, -0.05) is 18.2 Å². The number of anilines is 1. The Morgan fingerprint density at radius 1 is 1.25 bits per heavy atom. The van der Waals surface area contributed by atoms with Crippen molar-refractivity contribution >= 4 is 11.7 Å². The van der Waals surface area contributed by atoms with E-state index < -0.39 is 6.10 Å². The highest BCUT2D eigenvalue weighted by molar-refractivity contribution is 5.81. The molecule has 0 saturated heterocycles. The van der Waals surface area contributed by atoms with Crippen LogP contribution in [-0.4, -0.2) is 44.6 Å². The summed E-state index contributed by atoms with van der Waals surface area (Å²) in [7, 11) is 0. The lowest BCUT2D eigenvalue weighted by Gasteiger charge is -2.25. The number of rotatable bonds is 6. The first-order chi connectivity index (χ1) is 13.7. The minimum atomic E-state index is -0.440. The van der Waals surface area contributed by atoms with E-state index in [0.717, 1.165) is 29.4 Å². The Morgan fingerprint density at radius 3 is 3.00 bits per heavy atom. The molecule has 0 unspecified atom stereocenters. The van der Waals surface area contributed by atoms with E-state index in [2.05, 4.69) is 25.6 Å². The maximum atomic E-state index is 12.4. The van der Waals surface area contributed by atoms with Gasteiger partial charge in [0.25, 0.3) is 5.91 Å². The number of fused-ring (bicyclic) bond motifs is 1. The van der Waals surface area contributed by atoms with Crippen LogP contribution in [0.4, 0.5) is 5.82 Å². The molecule has 1 aliphatic heterocycles. The Hall–Kier alpha value is -3.42. The Balaban J connectivity index is 1.26. The number of nitrogens with zero attached hydrogens (tertiary/aromatic N) is 4. The zero-order valence-electron chi connectivity index (χ0n) is 15.6. The first kappa shape index (κ1) is 18.0. The zero-order chi connectivity index (χ0) is 19.3. The molecule has 144 valence electrons. The van der Waals surface area contributed by atoms with E-state index in [4.69, 9.17) is 4.74 Å². The second-order valence-corrected chi connectivity index (χ2v) is 6.58. The molecule has 8 heteroatoms. The summed E-state index contributed by atoms with van der Waals surface area (Å²) in [5.41, 5.74) is 1.15. The minimum absolute atomic E-state index is 0.0891. The molecular formula is C20H22N6O2. The normalized spacial score (nSPS) is 15.4. The largest absolute Gasteiger partial charge is 0.480 e. The number of imidazole rings is 1. The zero-order valence-corrected chi connectivity index (χ0v) is 15.6. The number of carbonyl (C=O) groups excluding carboxylic acids is 1. The lowest BCUT2D eigenvalue weighted by molar-refractivity contribution is -0.128. The number of benzene rings is 1. The predicted molar refractivity (Wildman–Crippen MR) is 105 cm³/mol. The molecule has 2 N–H and O–H groups in total. The standard InChI is InChI=1S/C20H22N6O2/c1-14-21-10-11-26(14)19-12-18(24-13-25-19)22-8-9-23-20(27)17-7-6-15-4-2-3-5-16(15)28-17/h2-5,10-13,17H,6-9H2,1H3,(H,23,27)(H,22,24,25)/t17-/m0/s1. The summed E-state index contributed by atoms with van der Waals surface area (Å²) >= 11 is 0. The molecule has 2 aromatic heterocycles. The molecule has 28 heavy (non-hydrogen) atoms. The van der Waals surface area contributed by atoms with Crippen molar-refractivity contribution in [2.45, 2.75) is 25.9 Å². The smallest absolute Gasteiger partial charge is 0.261 e. The van der Waals surface area contributed by atoms with Crippen molar-refractivity contribution in [2.75, 3.05) is 18.4 Å². The van der Waals surface area contributed by atoms with Gasteiger partial charge in [-0.05, 0) is 31.4 Å². The Morgan fingerprint density at radius 2 is 2.14 bits per heavy atom. The van der Waals surface area contributed by atoms with E-state index in [-0.39, 0.29) is 5.91 Å². The second-order valence-electron chi connectivity index (χ2n) is 6.58. The van der Waals surface area contributed by atoms with Crippen LogP contribution in [0.25, 0.3) is 5.82 Å². The summed E-state index contributed by atoms with van der Waals surface area (Å²) in [6, 6.07) is 9.70. The molecular weight excluding hydrogens is 356 g/mol. The third kappa shape index (κ3) is 3.95. The van der Waals surface area contributed by atoms with Crippen LogP contribution in [0, 0.1) is 6.92 Å². The molecule has 8 nitrogen and oxygen atoms in total. The number of aromatic nitrogens is 4. The van der Waals surface area contributed by atoms with Crippen LogP contribution in [0.15, 0.2) is 49.1 Å². The molecule has 1 amide bonds. The number of amides is 1. The van der Waals surface area contributed by atoms with Crippen molar-refractivity contribution in [2.24, 2.45) is 0 Å². The van der Waals surface area contributed by atoms with Gasteiger partial charge in [-0.2, -0.15) is 0 Å². The number of carbonyl (C=O) groups is 1. The lowest BCUT2D eigenvalue weighted by Crippen LogP contribution is -2.42. The number of ether oxygens (including phenoxy) is 1. The van der Waals surface area contributed by atoms with Crippen molar-refractivity contribution in [3.05, 3.63) is 60.4 Å². The molecule has 0 radical (unpaired) electrons. The number of hydrogen-bond acceptors (Lipinski definition) is 6. The molecule has 0 saturated carbocycles. The van der Waals surface area contributed by atoms with Crippen molar-refractivity contribution in [1.82, 2.24) is 24.8 Å². The van der Waals surface area contributed by atoms with E-state index in [1.54, 1.807) is 6.20 Å². The Labute approximate surface area is 163 Å². The van der Waals surface area contributed by atoms with Gasteiger partial charge in [0.1, 0.15) is 29.5 Å². The third-order valence-corrected chi connectivity index (χ3v) is 4.67. The summed E-state index contributed by atoms with van der Waals surface area (Å²) in [6.07, 6.45) is 6.18. The van der Waals surface area contributed by atoms with Crippen molar-refractivity contribution in [3.63, 3.8) is 0 Å². The first-order valence-corrected chi connectivity index (χ1v) is 9.29. The van der Waals surface area contributed by atoms with Crippen LogP contribution in [0.2, 0.25) is 0 Å². The maximum Gasteiger partial charge on any atom is 0.261 e. The summed E-state index contributed by atoms with van der Waals surface area (Å²) < 4.78 is 7.70. The average molecular weight is 378 g/mol. The van der Waals surface area contributed by atoms with Gasteiger partial charge >= 0.3 is 0 Å². The van der Waals surface area contributed by atoms with Crippen LogP contribution in [0.3, 0.4) is 0 Å². The monoisotopic (exact) mass is 378 g/mol. The fourth-order valence-corrected chi connectivity index (χ4v) is 3.19. The topological polar surface area (TPSA) is 94.0 Å². The Kier molecular flexibility index (Phi) is 5.18. The summed E-state index contributed by atoms with van der Waals surface area (Å²) in [5, 5.41) is 6.12. The fourth-order valence-electron chi connectivity index (χ4n) is 3.19. The van der Waals surface area contributed by atoms with Gasteiger partial charge in [-0.3, -0.25) is 9.36 Å². The van der Waals surface area contributed by atoms with Crippen LogP contribution in [-0.2, 0) is 11.2 Å². The minimum Gasteiger partial charge on any atom is -0.480 e. The van der Waals surface area contributed by atoms with Crippen LogP contribution >= 0.6 is 0 Å². The third-order valence-electron chi connectivity index (χ3n) is 4.67. The number of nitrogens with one attached hydrogen (secondary N) is 2. The molecule has 1 atom stereocenters. The molecule has 4 rings (SSSR count). The summed E-state index contributed by atoms with van der Waals surface area (Å²) in [5.74, 6) is 3.00. The predicted octanol–water partition coefficient (Wildman–Crippen LogP) is 1.89. The number of aryl methyl sites for hydroxylation is 2. The van der Waals surface area contributed by atoms with E-state index in [1.807, 2.05) is 48.0 Å². The molecule has 3 aromatic rings. The highest BCUT2D eigenvalue weighted by Crippen LogP contribution is 2.26. The number of hydrogen-bond donors (Lipinski definition) is 2. The molecule has 0 fully saturated rings. The van der Waals surface area contributed by atoms with E-state index in [0.29, 0.717) is 25.3 Å². The van der Waals surface area contributed by atoms with E-state index in [9.17, 15) is 4.79 Å². The summed E-state index contributed by atoms with van der Waals surface area (Å²) in [4.78, 5) is 25.0. The van der Waals surface area contributed by atoms with Crippen molar-refractivity contribution < 1.29 is 9.53 Å². The first-order valence-electron chi connectivity index (χ1n) is 9.29. The second kappa shape index (κ2) is 8.08. The van der Waals surface area contributed by atoms with Crippen molar-refractivity contribution in [3.8, 4) is 11.6 Å². The summed E-state index contributed by atoms with van der Waals surface area (Å²) in [6.45, 7) is 2.94. The molecule has 0 bridgehead atoms. The molecule has 1 aliphatic rings. The van der Waals surface area contributed by atoms with Crippen molar-refractivity contribution in [1.29, 1.82) is 0 Å². The maximum absolute atomic E-state index is 12.4. The molecule has 1 aromatic carbocycles. The van der Waals surface area contributed by atoms with Gasteiger partial charge in [0, 0.05) is 31.5 Å². The van der Waals surface area contributed by atoms with E-state index in [1.165, 1.54) is 6.33 Å². The van der Waals surface area contributed by atoms with Crippen LogP contribution in [0.5, 0.6) is 5.75 Å². The number of para-hydroxylation sites is 1. The average Bonchev–Trinajstić information content (AvgIpc) is 3.17. The Bertz CT molecular complexity index is 971. The van der Waals surface area contributed by atoms with Gasteiger partial charge in [-0.25, -0.2) is 15.0 Å². The fraction of sp³-hybridized carbons (Fsp3) is 0.300. The SMILES string of the molecule is Cc1nccn1-c1cc(NCCNC(=O)[C@@H]2CCc3ccccc3O2)ncn1. The molecule has 3 heterocycles. The van der Waals surface area contributed by atoms with Gasteiger partial charge in [-0.15, -0.1) is 0 Å². The van der Waals surface area contributed by atoms with Gasteiger partial charge in [0.2, 0.25) is 0 Å². The highest BCUT2D eigenvalue weighted by Gasteiger charge is 2.25. The van der Waals surface area contributed by atoms with Gasteiger partial charge < -0.3 is 15.4 Å². The van der Waals surface area contributed by atoms with E-state index >= 15 is 0 Å². The quantitative estimate of drug-likeness (QED) is 0.636. The molecule has 0 aliphatic carbocycles. The highest BCUT2D eigenvalue weighted by atomic mass is 16.5. The molecule has 0 spiro atoms.